The van der Waals surface area contributed by atoms with Crippen LogP contribution in [0.4, 0.5) is 0 Å². The molecule has 4 heteroatoms. The number of rotatable bonds is 5. The van der Waals surface area contributed by atoms with E-state index >= 15 is 0 Å². The first kappa shape index (κ1) is 14.3. The van der Waals surface area contributed by atoms with Crippen LogP contribution in [0.2, 0.25) is 0 Å². The lowest BCUT2D eigenvalue weighted by molar-refractivity contribution is -0.143. The molecule has 4 unspecified atom stereocenters. The molecule has 1 N–H and O–H groups in total. The Balaban J connectivity index is 1.67. The Kier molecular flexibility index (Phi) is 4.32. The number of carbonyl (C=O) groups is 1. The zero-order valence-electron chi connectivity index (χ0n) is 12.5. The molecule has 4 atom stereocenters. The molecule has 3 rings (SSSR count). The molecular weight excluding hydrogens is 254 g/mol. The highest BCUT2D eigenvalue weighted by molar-refractivity contribution is 5.71. The molecule has 0 radical (unpaired) electrons. The summed E-state index contributed by atoms with van der Waals surface area (Å²) in [4.78, 5) is 13.8. The lowest BCUT2D eigenvalue weighted by atomic mass is 9.81. The van der Waals surface area contributed by atoms with Crippen molar-refractivity contribution in [3.05, 3.63) is 0 Å². The monoisotopic (exact) mass is 281 g/mol. The van der Waals surface area contributed by atoms with E-state index in [0.717, 1.165) is 18.4 Å². The van der Waals surface area contributed by atoms with E-state index < -0.39 is 5.97 Å². The van der Waals surface area contributed by atoms with Crippen LogP contribution < -0.4 is 0 Å². The first-order valence-electron chi connectivity index (χ1n) is 8.27. The largest absolute Gasteiger partial charge is 0.481 e. The summed E-state index contributed by atoms with van der Waals surface area (Å²) in [7, 11) is 0. The van der Waals surface area contributed by atoms with Crippen molar-refractivity contribution in [2.45, 2.75) is 57.5 Å². The van der Waals surface area contributed by atoms with Crippen LogP contribution in [0.5, 0.6) is 0 Å². The molecule has 1 saturated heterocycles. The summed E-state index contributed by atoms with van der Waals surface area (Å²) < 4.78 is 5.47. The molecule has 0 bridgehead atoms. The summed E-state index contributed by atoms with van der Waals surface area (Å²) in [6.07, 6.45) is 8.07. The predicted molar refractivity (Wildman–Crippen MR) is 76.6 cm³/mol. The number of likely N-dealkylation sites (N-methyl/N-ethyl adjacent to an activating group) is 1. The average molecular weight is 281 g/mol. The minimum Gasteiger partial charge on any atom is -0.481 e. The highest BCUT2D eigenvalue weighted by atomic mass is 16.5. The van der Waals surface area contributed by atoms with E-state index in [9.17, 15) is 9.90 Å². The smallest absolute Gasteiger partial charge is 0.310 e. The number of hydrogen-bond acceptors (Lipinski definition) is 3. The summed E-state index contributed by atoms with van der Waals surface area (Å²) in [6, 6.07) is 0.661. The molecule has 1 aliphatic heterocycles. The van der Waals surface area contributed by atoms with Gasteiger partial charge in [0, 0.05) is 12.1 Å². The number of carboxylic acids is 1. The Hall–Kier alpha value is -0.610. The molecule has 2 saturated carbocycles. The Bertz CT molecular complexity index is 356. The first-order chi connectivity index (χ1) is 9.70. The summed E-state index contributed by atoms with van der Waals surface area (Å²) in [5.74, 6) is 0.844. The maximum absolute atomic E-state index is 11.4. The van der Waals surface area contributed by atoms with Gasteiger partial charge in [0.05, 0.1) is 19.1 Å². The van der Waals surface area contributed by atoms with Gasteiger partial charge in [0.2, 0.25) is 0 Å². The lowest BCUT2D eigenvalue weighted by Gasteiger charge is -2.41. The van der Waals surface area contributed by atoms with E-state index in [1.165, 1.54) is 38.5 Å². The van der Waals surface area contributed by atoms with E-state index in [0.29, 0.717) is 19.3 Å². The van der Waals surface area contributed by atoms with E-state index in [1.54, 1.807) is 0 Å². The van der Waals surface area contributed by atoms with Gasteiger partial charge in [-0.3, -0.25) is 9.69 Å². The SMILES string of the molecule is CCN(C1CCCC(C2CC2)C1)C1COCC1C(=O)O. The third-order valence-corrected chi connectivity index (χ3v) is 5.60. The highest BCUT2D eigenvalue weighted by Gasteiger charge is 2.42. The van der Waals surface area contributed by atoms with Crippen LogP contribution in [-0.4, -0.2) is 47.8 Å². The van der Waals surface area contributed by atoms with Crippen LogP contribution in [0.3, 0.4) is 0 Å². The zero-order valence-corrected chi connectivity index (χ0v) is 12.5. The van der Waals surface area contributed by atoms with Crippen molar-refractivity contribution in [3.8, 4) is 0 Å². The average Bonchev–Trinajstić information content (AvgIpc) is 3.19. The van der Waals surface area contributed by atoms with Crippen LogP contribution in [0.15, 0.2) is 0 Å². The Morgan fingerprint density at radius 3 is 2.65 bits per heavy atom. The van der Waals surface area contributed by atoms with Gasteiger partial charge in [-0.15, -0.1) is 0 Å². The second-order valence-electron chi connectivity index (χ2n) is 6.80. The van der Waals surface area contributed by atoms with Crippen molar-refractivity contribution >= 4 is 5.97 Å². The highest BCUT2D eigenvalue weighted by Crippen LogP contribution is 2.45. The summed E-state index contributed by atoms with van der Waals surface area (Å²) in [5, 5.41) is 9.37. The summed E-state index contributed by atoms with van der Waals surface area (Å²) >= 11 is 0. The molecule has 0 spiro atoms. The Morgan fingerprint density at radius 2 is 2.00 bits per heavy atom. The van der Waals surface area contributed by atoms with E-state index in [4.69, 9.17) is 4.74 Å². The molecular formula is C16H27NO3. The first-order valence-corrected chi connectivity index (χ1v) is 8.27. The summed E-state index contributed by atoms with van der Waals surface area (Å²) in [6.45, 7) is 4.09. The van der Waals surface area contributed by atoms with Gasteiger partial charge in [-0.2, -0.15) is 0 Å². The second-order valence-corrected chi connectivity index (χ2v) is 6.80. The van der Waals surface area contributed by atoms with Gasteiger partial charge in [-0.1, -0.05) is 19.8 Å². The number of aliphatic carboxylic acids is 1. The molecule has 4 nitrogen and oxygen atoms in total. The van der Waals surface area contributed by atoms with Crippen molar-refractivity contribution < 1.29 is 14.6 Å². The fourth-order valence-electron chi connectivity index (χ4n) is 4.37. The second kappa shape index (κ2) is 6.02. The van der Waals surface area contributed by atoms with E-state index in [1.807, 2.05) is 0 Å². The third-order valence-electron chi connectivity index (χ3n) is 5.60. The summed E-state index contributed by atoms with van der Waals surface area (Å²) in [5.41, 5.74) is 0. The standard InChI is InChI=1S/C16H27NO3/c1-2-17(15-10-20-9-14(15)16(18)19)13-5-3-4-12(8-13)11-6-7-11/h11-15H,2-10H2,1H3,(H,18,19). The number of ether oxygens (including phenoxy) is 1. The van der Waals surface area contributed by atoms with Crippen LogP contribution in [-0.2, 0) is 9.53 Å². The molecule has 0 aromatic rings. The van der Waals surface area contributed by atoms with Gasteiger partial charge < -0.3 is 9.84 Å². The van der Waals surface area contributed by atoms with Crippen molar-refractivity contribution in [2.75, 3.05) is 19.8 Å². The molecule has 2 aliphatic carbocycles. The maximum Gasteiger partial charge on any atom is 0.310 e. The van der Waals surface area contributed by atoms with Gasteiger partial charge in [0.1, 0.15) is 0 Å². The fraction of sp³-hybridized carbons (Fsp3) is 0.938. The molecule has 0 aromatic heterocycles. The molecule has 114 valence electrons. The van der Waals surface area contributed by atoms with E-state index in [2.05, 4.69) is 11.8 Å². The molecule has 0 amide bonds. The molecule has 20 heavy (non-hydrogen) atoms. The minimum atomic E-state index is -0.694. The number of carboxylic acid groups (broad SMARTS) is 1. The Labute approximate surface area is 121 Å². The van der Waals surface area contributed by atoms with Gasteiger partial charge in [-0.05, 0) is 44.1 Å². The van der Waals surface area contributed by atoms with Crippen molar-refractivity contribution in [3.63, 3.8) is 0 Å². The number of hydrogen-bond donors (Lipinski definition) is 1. The van der Waals surface area contributed by atoms with Gasteiger partial charge >= 0.3 is 5.97 Å². The topological polar surface area (TPSA) is 49.8 Å². The van der Waals surface area contributed by atoms with E-state index in [-0.39, 0.29) is 12.0 Å². The van der Waals surface area contributed by atoms with Gasteiger partial charge in [0.25, 0.3) is 0 Å². The predicted octanol–water partition coefficient (Wildman–Crippen LogP) is 2.38. The Morgan fingerprint density at radius 1 is 1.20 bits per heavy atom. The quantitative estimate of drug-likeness (QED) is 0.840. The fourth-order valence-corrected chi connectivity index (χ4v) is 4.37. The van der Waals surface area contributed by atoms with Crippen molar-refractivity contribution in [2.24, 2.45) is 17.8 Å². The third kappa shape index (κ3) is 2.86. The van der Waals surface area contributed by atoms with Gasteiger partial charge in [-0.25, -0.2) is 0 Å². The van der Waals surface area contributed by atoms with Crippen LogP contribution in [0.25, 0.3) is 0 Å². The van der Waals surface area contributed by atoms with Crippen LogP contribution >= 0.6 is 0 Å². The molecule has 3 fully saturated rings. The molecule has 1 heterocycles. The normalized spacial score (nSPS) is 38.3. The maximum atomic E-state index is 11.4. The molecule has 0 aromatic carbocycles. The lowest BCUT2D eigenvalue weighted by Crippen LogP contribution is -2.50. The van der Waals surface area contributed by atoms with Crippen LogP contribution in [0, 0.1) is 17.8 Å². The number of nitrogens with zero attached hydrogens (tertiary/aromatic N) is 1. The van der Waals surface area contributed by atoms with Gasteiger partial charge in [0.15, 0.2) is 0 Å². The van der Waals surface area contributed by atoms with Crippen LogP contribution in [0.1, 0.15) is 45.4 Å². The zero-order chi connectivity index (χ0) is 14.1. The minimum absolute atomic E-state index is 0.0838. The van der Waals surface area contributed by atoms with Crippen molar-refractivity contribution in [1.82, 2.24) is 4.90 Å². The van der Waals surface area contributed by atoms with Crippen molar-refractivity contribution in [1.29, 1.82) is 0 Å². The molecule has 3 aliphatic rings.